The smallest absolute Gasteiger partial charge is 0.0526 e. The maximum Gasteiger partial charge on any atom is 0.0526 e. The highest BCUT2D eigenvalue weighted by Crippen LogP contribution is 2.04. The second-order valence-corrected chi connectivity index (χ2v) is 3.50. The monoisotopic (exact) mass is 246 g/mol. The van der Waals surface area contributed by atoms with Gasteiger partial charge < -0.3 is 17.0 Å². The number of rotatable bonds is 4. The van der Waals surface area contributed by atoms with Crippen LogP contribution in [0.1, 0.15) is 18.4 Å². The molecule has 1 unspecified atom stereocenters. The maximum atomic E-state index is 2.21. The summed E-state index contributed by atoms with van der Waals surface area (Å²) >= 11 is 0. The first kappa shape index (κ1) is 12.1. The van der Waals surface area contributed by atoms with Crippen LogP contribution in [0.4, 0.5) is 0 Å². The Morgan fingerprint density at radius 2 is 1.67 bits per heavy atom. The van der Waals surface area contributed by atoms with E-state index in [0.717, 1.165) is 0 Å². The minimum atomic E-state index is 0. The summed E-state index contributed by atoms with van der Waals surface area (Å²) in [4.78, 5) is 0. The Labute approximate surface area is 87.7 Å². The van der Waals surface area contributed by atoms with Crippen LogP contribution in [0.2, 0.25) is 0 Å². The average Bonchev–Trinajstić information content (AvgIpc) is 2.07. The molecule has 1 rings (SSSR count). The first-order valence-electron chi connectivity index (χ1n) is 4.26. The van der Waals surface area contributed by atoms with Crippen molar-refractivity contribution in [3.63, 3.8) is 0 Å². The molecule has 0 aliphatic heterocycles. The normalized spacial score (nSPS) is 9.33. The average molecular weight is 247 g/mol. The van der Waals surface area contributed by atoms with Crippen LogP contribution >= 0.6 is 9.24 Å². The minimum Gasteiger partial charge on any atom is -1.00 e. The van der Waals surface area contributed by atoms with E-state index in [2.05, 4.69) is 39.6 Å². The number of hydrogen-bond acceptors (Lipinski definition) is 0. The van der Waals surface area contributed by atoms with Crippen LogP contribution in [0, 0.1) is 0 Å². The summed E-state index contributed by atoms with van der Waals surface area (Å²) in [7, 11) is 2.07. The molecule has 0 heterocycles. The molecule has 0 nitrogen and oxygen atoms in total. The van der Waals surface area contributed by atoms with Crippen LogP contribution < -0.4 is 17.0 Å². The van der Waals surface area contributed by atoms with Crippen LogP contribution in [0.15, 0.2) is 30.3 Å². The highest BCUT2D eigenvalue weighted by molar-refractivity contribution is 7.16. The summed E-state index contributed by atoms with van der Waals surface area (Å²) in [5.41, 5.74) is 1.48. The SMILES string of the molecule is [Br-].[PH3+]CCCCc1ccccc1. The Bertz CT molecular complexity index is 186. The zero-order valence-corrected chi connectivity index (χ0v) is 10.3. The Balaban J connectivity index is 0.00000121. The summed E-state index contributed by atoms with van der Waals surface area (Å²) < 4.78 is 0. The molecule has 1 aromatic rings. The van der Waals surface area contributed by atoms with E-state index in [1.807, 2.05) is 0 Å². The second-order valence-electron chi connectivity index (χ2n) is 2.80. The van der Waals surface area contributed by atoms with Gasteiger partial charge in [0.2, 0.25) is 0 Å². The molecule has 0 amide bonds. The number of aryl methyl sites for hydroxylation is 1. The van der Waals surface area contributed by atoms with E-state index >= 15 is 0 Å². The fourth-order valence-electron chi connectivity index (χ4n) is 1.15. The molecule has 0 aromatic heterocycles. The molecule has 0 bridgehead atoms. The van der Waals surface area contributed by atoms with Gasteiger partial charge in [-0.15, -0.1) is 0 Å². The number of unbranched alkanes of at least 4 members (excludes halogenated alkanes) is 1. The van der Waals surface area contributed by atoms with Gasteiger partial charge in [0.1, 0.15) is 0 Å². The third-order valence-electron chi connectivity index (χ3n) is 1.81. The number of hydrogen-bond donors (Lipinski definition) is 0. The molecule has 2 heteroatoms. The zero-order valence-electron chi connectivity index (χ0n) is 7.30. The van der Waals surface area contributed by atoms with Crippen LogP contribution in [-0.4, -0.2) is 6.16 Å². The van der Waals surface area contributed by atoms with E-state index in [1.54, 1.807) is 0 Å². The van der Waals surface area contributed by atoms with Gasteiger partial charge in [-0.2, -0.15) is 0 Å². The largest absolute Gasteiger partial charge is 1.00 e. The van der Waals surface area contributed by atoms with Crippen molar-refractivity contribution in [3.8, 4) is 0 Å². The van der Waals surface area contributed by atoms with Crippen molar-refractivity contribution in [2.24, 2.45) is 0 Å². The van der Waals surface area contributed by atoms with Gasteiger partial charge in [0, 0.05) is 0 Å². The summed E-state index contributed by atoms with van der Waals surface area (Å²) in [6, 6.07) is 10.7. The molecule has 12 heavy (non-hydrogen) atoms. The number of halogens is 1. The maximum absolute atomic E-state index is 2.21. The zero-order chi connectivity index (χ0) is 7.94. The fraction of sp³-hybridized carbons (Fsp3) is 0.400. The summed E-state index contributed by atoms with van der Waals surface area (Å²) in [6.07, 6.45) is 5.30. The molecular formula is C10H16BrP. The predicted molar refractivity (Wildman–Crippen MR) is 55.4 cm³/mol. The molecular weight excluding hydrogens is 231 g/mol. The standard InChI is InChI=1S/C10H15P.BrH/c11-9-5-4-8-10-6-2-1-3-7-10;/h1-3,6-7H,4-5,8-9,11H2;1H. The molecule has 0 N–H and O–H groups in total. The lowest BCUT2D eigenvalue weighted by atomic mass is 10.1. The molecule has 0 fully saturated rings. The van der Waals surface area contributed by atoms with Crippen molar-refractivity contribution in [2.75, 3.05) is 6.16 Å². The molecule has 0 aliphatic carbocycles. The lowest BCUT2D eigenvalue weighted by Crippen LogP contribution is -3.00. The van der Waals surface area contributed by atoms with Crippen LogP contribution in [-0.2, 0) is 6.42 Å². The minimum absolute atomic E-state index is 0. The van der Waals surface area contributed by atoms with E-state index in [-0.39, 0.29) is 17.0 Å². The molecule has 0 aliphatic rings. The van der Waals surface area contributed by atoms with Crippen molar-refractivity contribution in [1.29, 1.82) is 0 Å². The molecule has 1 atom stereocenters. The highest BCUT2D eigenvalue weighted by Gasteiger charge is 1.90. The fourth-order valence-corrected chi connectivity index (χ4v) is 1.50. The first-order valence-corrected chi connectivity index (χ1v) is 5.26. The van der Waals surface area contributed by atoms with Gasteiger partial charge in [-0.1, -0.05) is 30.3 Å². The highest BCUT2D eigenvalue weighted by atomic mass is 79.9. The number of benzene rings is 1. The molecule has 0 saturated carbocycles. The van der Waals surface area contributed by atoms with Crippen molar-refractivity contribution >= 4 is 9.24 Å². The second kappa shape index (κ2) is 7.76. The van der Waals surface area contributed by atoms with Crippen LogP contribution in [0.25, 0.3) is 0 Å². The molecule has 0 radical (unpaired) electrons. The summed E-state index contributed by atoms with van der Waals surface area (Å²) in [6.45, 7) is 0. The topological polar surface area (TPSA) is 0 Å². The van der Waals surface area contributed by atoms with Gasteiger partial charge in [-0.3, -0.25) is 0 Å². The van der Waals surface area contributed by atoms with Gasteiger partial charge in [0.25, 0.3) is 0 Å². The Morgan fingerprint density at radius 1 is 1.00 bits per heavy atom. The van der Waals surface area contributed by atoms with E-state index < -0.39 is 0 Å². The lowest BCUT2D eigenvalue weighted by Gasteiger charge is -1.97. The Morgan fingerprint density at radius 3 is 2.25 bits per heavy atom. The van der Waals surface area contributed by atoms with Crippen molar-refractivity contribution in [1.82, 2.24) is 0 Å². The van der Waals surface area contributed by atoms with E-state index in [4.69, 9.17) is 0 Å². The van der Waals surface area contributed by atoms with Gasteiger partial charge in [0.15, 0.2) is 0 Å². The van der Waals surface area contributed by atoms with E-state index in [9.17, 15) is 0 Å². The van der Waals surface area contributed by atoms with E-state index in [0.29, 0.717) is 0 Å². The molecule has 1 aromatic carbocycles. The van der Waals surface area contributed by atoms with Crippen molar-refractivity contribution in [3.05, 3.63) is 35.9 Å². The van der Waals surface area contributed by atoms with Crippen molar-refractivity contribution < 1.29 is 17.0 Å². The van der Waals surface area contributed by atoms with Gasteiger partial charge in [-0.25, -0.2) is 0 Å². The van der Waals surface area contributed by atoms with Crippen LogP contribution in [0.5, 0.6) is 0 Å². The lowest BCUT2D eigenvalue weighted by molar-refractivity contribution is -0.00000220. The molecule has 0 saturated heterocycles. The Hall–Kier alpha value is 0.130. The third-order valence-corrected chi connectivity index (χ3v) is 2.31. The quantitative estimate of drug-likeness (QED) is 0.502. The van der Waals surface area contributed by atoms with Gasteiger partial charge in [0.05, 0.1) is 6.16 Å². The predicted octanol–water partition coefficient (Wildman–Crippen LogP) is -0.379. The summed E-state index contributed by atoms with van der Waals surface area (Å²) in [5.74, 6) is 0. The van der Waals surface area contributed by atoms with Gasteiger partial charge in [-0.05, 0) is 34.1 Å². The molecule has 0 spiro atoms. The summed E-state index contributed by atoms with van der Waals surface area (Å²) in [5, 5.41) is 0. The first-order chi connectivity index (χ1) is 5.43. The van der Waals surface area contributed by atoms with E-state index in [1.165, 1.54) is 31.0 Å². The molecule has 68 valence electrons. The van der Waals surface area contributed by atoms with Gasteiger partial charge >= 0.3 is 0 Å². The van der Waals surface area contributed by atoms with Crippen molar-refractivity contribution in [2.45, 2.75) is 19.3 Å². The van der Waals surface area contributed by atoms with Crippen LogP contribution in [0.3, 0.4) is 0 Å². The third kappa shape index (κ3) is 4.90. The Kier molecular flexibility index (Phi) is 7.85.